The Kier molecular flexibility index (Phi) is 6.57. The van der Waals surface area contributed by atoms with Gasteiger partial charge in [0.1, 0.15) is 11.8 Å². The van der Waals surface area contributed by atoms with Crippen LogP contribution >= 0.6 is 0 Å². The quantitative estimate of drug-likeness (QED) is 0.533. The molecule has 1 saturated heterocycles. The molecule has 2 fully saturated rings. The molecule has 0 bridgehead atoms. The molecule has 11 nitrogen and oxygen atoms in total. The fourth-order valence-corrected chi connectivity index (χ4v) is 4.76. The topological polar surface area (TPSA) is 119 Å². The molecule has 1 N–H and O–H groups in total. The van der Waals surface area contributed by atoms with Gasteiger partial charge in [-0.2, -0.15) is 15.2 Å². The normalized spacial score (nSPS) is 17.5. The molecule has 182 valence electrons. The number of hydrogen-bond donors (Lipinski definition) is 1. The van der Waals surface area contributed by atoms with Crippen LogP contribution in [0, 0.1) is 11.3 Å². The summed E-state index contributed by atoms with van der Waals surface area (Å²) >= 11 is 0. The van der Waals surface area contributed by atoms with E-state index in [9.17, 15) is 10.1 Å². The fourth-order valence-electron chi connectivity index (χ4n) is 4.76. The molecule has 1 aliphatic heterocycles. The fraction of sp³-hybridized carbons (Fsp3) is 0.500. The number of hydrazine groups is 1. The molecule has 3 aromatic heterocycles. The van der Waals surface area contributed by atoms with Gasteiger partial charge in [-0.15, -0.1) is 0 Å². The molecule has 0 aromatic carbocycles. The third kappa shape index (κ3) is 4.94. The van der Waals surface area contributed by atoms with E-state index in [0.29, 0.717) is 22.7 Å². The number of nitriles is 1. The Morgan fingerprint density at radius 3 is 2.66 bits per heavy atom. The summed E-state index contributed by atoms with van der Waals surface area (Å²) in [5, 5.41) is 11.1. The number of nitrogens with one attached hydrogen (secondary N) is 1. The number of carbonyl (C=O) groups excluding carboxylic acids is 1. The molecule has 3 aromatic rings. The number of piperazine rings is 1. The number of fused-ring (bicyclic) bond motifs is 1. The number of likely N-dealkylation sites (N-methyl/N-ethyl adjacent to an activating group) is 1. The molecule has 1 saturated carbocycles. The average Bonchev–Trinajstić information content (AvgIpc) is 3.54. The Bertz CT molecular complexity index is 1250. The van der Waals surface area contributed by atoms with Crippen LogP contribution in [0.1, 0.15) is 47.7 Å². The van der Waals surface area contributed by atoms with Gasteiger partial charge in [-0.1, -0.05) is 18.9 Å². The van der Waals surface area contributed by atoms with E-state index >= 15 is 0 Å². The van der Waals surface area contributed by atoms with E-state index in [1.54, 1.807) is 22.0 Å². The summed E-state index contributed by atoms with van der Waals surface area (Å²) in [6.45, 7) is 4.76. The third-order valence-corrected chi connectivity index (χ3v) is 6.80. The maximum Gasteiger partial charge on any atom is 0.291 e. The van der Waals surface area contributed by atoms with Crippen molar-refractivity contribution in [1.29, 1.82) is 5.26 Å². The Labute approximate surface area is 204 Å². The van der Waals surface area contributed by atoms with Crippen LogP contribution in [0.5, 0.6) is 0 Å². The second-order valence-electron chi connectivity index (χ2n) is 9.35. The minimum absolute atomic E-state index is 0.00449. The maximum atomic E-state index is 13.8. The molecule has 0 radical (unpaired) electrons. The molecule has 35 heavy (non-hydrogen) atoms. The number of imidazole rings is 1. The largest absolute Gasteiger partial charge is 0.318 e. The molecule has 0 atom stereocenters. The molecule has 1 aliphatic carbocycles. The average molecular weight is 475 g/mol. The van der Waals surface area contributed by atoms with Crippen LogP contribution < -0.4 is 5.43 Å². The van der Waals surface area contributed by atoms with Gasteiger partial charge >= 0.3 is 0 Å². The molecule has 0 spiro atoms. The minimum atomic E-state index is -0.210. The second-order valence-corrected chi connectivity index (χ2v) is 9.35. The monoisotopic (exact) mass is 474 g/mol. The lowest BCUT2D eigenvalue weighted by molar-refractivity contribution is 0.0725. The maximum absolute atomic E-state index is 13.8. The van der Waals surface area contributed by atoms with Gasteiger partial charge in [-0.05, 0) is 32.0 Å². The van der Waals surface area contributed by atoms with Gasteiger partial charge in [0.05, 0.1) is 18.1 Å². The van der Waals surface area contributed by atoms with E-state index in [-0.39, 0.29) is 17.8 Å². The zero-order chi connectivity index (χ0) is 24.4. The van der Waals surface area contributed by atoms with E-state index < -0.39 is 0 Å². The van der Waals surface area contributed by atoms with Crippen molar-refractivity contribution in [2.75, 3.05) is 38.7 Å². The zero-order valence-electron chi connectivity index (χ0n) is 20.2. The number of anilines is 1. The number of hydrogen-bond acceptors (Lipinski definition) is 9. The SMILES string of the molecule is CN1CCN(Cc2cccc(C(=O)N(Nc3nc(C#N)nc4c3ncn4C)C3CCCC3)n2)CC1. The van der Waals surface area contributed by atoms with E-state index in [1.165, 1.54) is 0 Å². The van der Waals surface area contributed by atoms with Gasteiger partial charge in [-0.3, -0.25) is 15.1 Å². The summed E-state index contributed by atoms with van der Waals surface area (Å²) in [5.74, 6) is 0.161. The minimum Gasteiger partial charge on any atom is -0.318 e. The van der Waals surface area contributed by atoms with Crippen molar-refractivity contribution >= 4 is 22.9 Å². The van der Waals surface area contributed by atoms with Crippen molar-refractivity contribution in [3.8, 4) is 6.07 Å². The number of pyridine rings is 1. The molecule has 11 heteroatoms. The van der Waals surface area contributed by atoms with Gasteiger partial charge in [0, 0.05) is 39.8 Å². The first-order valence-electron chi connectivity index (χ1n) is 12.1. The Morgan fingerprint density at radius 2 is 1.91 bits per heavy atom. The lowest BCUT2D eigenvalue weighted by Crippen LogP contribution is -2.44. The van der Waals surface area contributed by atoms with Crippen LogP contribution in [-0.4, -0.2) is 84.5 Å². The predicted octanol–water partition coefficient (Wildman–Crippen LogP) is 1.79. The van der Waals surface area contributed by atoms with Crippen LogP contribution in [0.2, 0.25) is 0 Å². The van der Waals surface area contributed by atoms with Crippen LogP contribution in [0.3, 0.4) is 0 Å². The van der Waals surface area contributed by atoms with E-state index in [4.69, 9.17) is 4.98 Å². The van der Waals surface area contributed by atoms with E-state index in [0.717, 1.165) is 64.1 Å². The van der Waals surface area contributed by atoms with Crippen molar-refractivity contribution in [3.05, 3.63) is 41.7 Å². The van der Waals surface area contributed by atoms with Gasteiger partial charge in [0.15, 0.2) is 17.0 Å². The molecular weight excluding hydrogens is 444 g/mol. The van der Waals surface area contributed by atoms with Gasteiger partial charge in [-0.25, -0.2) is 15.0 Å². The highest BCUT2D eigenvalue weighted by molar-refractivity contribution is 5.94. The Balaban J connectivity index is 1.42. The molecular formula is C24H30N10O. The van der Waals surface area contributed by atoms with Gasteiger partial charge in [0.25, 0.3) is 5.91 Å². The van der Waals surface area contributed by atoms with Crippen molar-refractivity contribution < 1.29 is 4.79 Å². The Hall–Kier alpha value is -3.62. The summed E-state index contributed by atoms with van der Waals surface area (Å²) in [7, 11) is 3.94. The standard InChI is InChI=1S/C24H30N10O/c1-31-10-12-33(13-11-31)15-17-6-5-9-19(27-17)24(35)34(18-7-3-4-8-18)30-22-21-23(32(2)16-26-21)29-20(14-25)28-22/h5-6,9,16,18H,3-4,7-8,10-13,15H2,1-2H3,(H,28,29,30). The molecule has 5 rings (SSSR count). The smallest absolute Gasteiger partial charge is 0.291 e. The molecule has 1 amide bonds. The number of aromatic nitrogens is 5. The highest BCUT2D eigenvalue weighted by Gasteiger charge is 2.30. The first kappa shape index (κ1) is 23.1. The summed E-state index contributed by atoms with van der Waals surface area (Å²) in [6, 6.07) is 7.64. The first-order chi connectivity index (χ1) is 17.0. The number of rotatable bonds is 6. The summed E-state index contributed by atoms with van der Waals surface area (Å²) in [6.07, 6.45) is 5.51. The molecule has 2 aliphatic rings. The van der Waals surface area contributed by atoms with E-state index in [2.05, 4.69) is 37.2 Å². The third-order valence-electron chi connectivity index (χ3n) is 6.80. The van der Waals surface area contributed by atoms with Crippen LogP contribution in [0.25, 0.3) is 11.2 Å². The zero-order valence-corrected chi connectivity index (χ0v) is 20.2. The predicted molar refractivity (Wildman–Crippen MR) is 130 cm³/mol. The Morgan fingerprint density at radius 1 is 1.14 bits per heavy atom. The first-order valence-corrected chi connectivity index (χ1v) is 12.1. The number of carbonyl (C=O) groups is 1. The van der Waals surface area contributed by atoms with E-state index in [1.807, 2.05) is 25.2 Å². The highest BCUT2D eigenvalue weighted by Crippen LogP contribution is 2.27. The summed E-state index contributed by atoms with van der Waals surface area (Å²) in [5.41, 5.74) is 5.53. The molecule has 0 unspecified atom stereocenters. The summed E-state index contributed by atoms with van der Waals surface area (Å²) < 4.78 is 1.73. The lowest BCUT2D eigenvalue weighted by atomic mass is 10.2. The van der Waals surface area contributed by atoms with Crippen molar-refractivity contribution in [1.82, 2.24) is 39.3 Å². The van der Waals surface area contributed by atoms with Crippen molar-refractivity contribution in [2.24, 2.45) is 7.05 Å². The van der Waals surface area contributed by atoms with Crippen molar-refractivity contribution in [3.63, 3.8) is 0 Å². The highest BCUT2D eigenvalue weighted by atomic mass is 16.2. The van der Waals surface area contributed by atoms with Crippen LogP contribution in [0.15, 0.2) is 24.5 Å². The molecule has 4 heterocycles. The lowest BCUT2D eigenvalue weighted by Gasteiger charge is -2.32. The number of amides is 1. The van der Waals surface area contributed by atoms with Gasteiger partial charge in [0.2, 0.25) is 5.82 Å². The van der Waals surface area contributed by atoms with Gasteiger partial charge < -0.3 is 9.47 Å². The number of nitrogens with zero attached hydrogens (tertiary/aromatic N) is 9. The van der Waals surface area contributed by atoms with Crippen LogP contribution in [0.4, 0.5) is 5.82 Å². The van der Waals surface area contributed by atoms with Crippen LogP contribution in [-0.2, 0) is 13.6 Å². The second kappa shape index (κ2) is 9.93. The summed E-state index contributed by atoms with van der Waals surface area (Å²) in [4.78, 5) is 36.2. The number of aryl methyl sites for hydroxylation is 1. The van der Waals surface area contributed by atoms with Crippen molar-refractivity contribution in [2.45, 2.75) is 38.3 Å².